The molecular formula is C11H15N. The standard InChI is InChI=1S/C11H15N/c1-3-5-10-6-4-7-11(8-10)9-12-2/h3,5-6,8-9H,4,7H2,1-2H3/b5-3-,12-9?. The Labute approximate surface area is 74.2 Å². The first-order valence-electron chi connectivity index (χ1n) is 4.32. The summed E-state index contributed by atoms with van der Waals surface area (Å²) in [6.07, 6.45) is 12.8. The van der Waals surface area contributed by atoms with Crippen LogP contribution in [-0.4, -0.2) is 13.3 Å². The van der Waals surface area contributed by atoms with Crippen LogP contribution in [0.4, 0.5) is 0 Å². The van der Waals surface area contributed by atoms with E-state index >= 15 is 0 Å². The molecule has 1 aliphatic carbocycles. The molecule has 64 valence electrons. The van der Waals surface area contributed by atoms with Crippen molar-refractivity contribution in [3.05, 3.63) is 35.5 Å². The fourth-order valence-electron chi connectivity index (χ4n) is 1.33. The Hall–Kier alpha value is -1.11. The fourth-order valence-corrected chi connectivity index (χ4v) is 1.33. The quantitative estimate of drug-likeness (QED) is 0.552. The van der Waals surface area contributed by atoms with Crippen LogP contribution in [0.15, 0.2) is 40.4 Å². The molecule has 0 radical (unpaired) electrons. The third-order valence-electron chi connectivity index (χ3n) is 1.82. The van der Waals surface area contributed by atoms with Gasteiger partial charge in [0.2, 0.25) is 0 Å². The number of hydrogen-bond acceptors (Lipinski definition) is 1. The highest BCUT2D eigenvalue weighted by Crippen LogP contribution is 2.16. The molecule has 0 amide bonds. The summed E-state index contributed by atoms with van der Waals surface area (Å²) in [6.45, 7) is 2.04. The van der Waals surface area contributed by atoms with Gasteiger partial charge in [-0.3, -0.25) is 4.99 Å². The van der Waals surface area contributed by atoms with Crippen LogP contribution < -0.4 is 0 Å². The molecule has 0 aromatic carbocycles. The van der Waals surface area contributed by atoms with Gasteiger partial charge in [-0.25, -0.2) is 0 Å². The van der Waals surface area contributed by atoms with Gasteiger partial charge in [0.05, 0.1) is 0 Å². The van der Waals surface area contributed by atoms with Crippen molar-refractivity contribution in [1.29, 1.82) is 0 Å². The molecule has 0 fully saturated rings. The topological polar surface area (TPSA) is 12.4 Å². The first-order valence-corrected chi connectivity index (χ1v) is 4.32. The van der Waals surface area contributed by atoms with Crippen molar-refractivity contribution in [3.63, 3.8) is 0 Å². The Morgan fingerprint density at radius 1 is 1.50 bits per heavy atom. The van der Waals surface area contributed by atoms with Crippen molar-refractivity contribution >= 4 is 6.21 Å². The highest BCUT2D eigenvalue weighted by Gasteiger charge is 1.99. The Bertz CT molecular complexity index is 254. The summed E-state index contributed by atoms with van der Waals surface area (Å²) in [5.74, 6) is 0. The first-order chi connectivity index (χ1) is 5.86. The smallest absolute Gasteiger partial charge is 0.0277 e. The maximum absolute atomic E-state index is 4.01. The van der Waals surface area contributed by atoms with Crippen LogP contribution in [0.3, 0.4) is 0 Å². The molecule has 0 heterocycles. The molecular weight excluding hydrogens is 146 g/mol. The molecule has 0 saturated heterocycles. The predicted octanol–water partition coefficient (Wildman–Crippen LogP) is 2.91. The van der Waals surface area contributed by atoms with Crippen molar-refractivity contribution in [1.82, 2.24) is 0 Å². The van der Waals surface area contributed by atoms with Crippen LogP contribution in [0.2, 0.25) is 0 Å². The van der Waals surface area contributed by atoms with Crippen LogP contribution in [0.5, 0.6) is 0 Å². The lowest BCUT2D eigenvalue weighted by atomic mass is 10.00. The van der Waals surface area contributed by atoms with E-state index in [0.717, 1.165) is 12.8 Å². The summed E-state index contributed by atoms with van der Waals surface area (Å²) in [7, 11) is 1.81. The van der Waals surface area contributed by atoms with Gasteiger partial charge in [0.1, 0.15) is 0 Å². The lowest BCUT2D eigenvalue weighted by molar-refractivity contribution is 0.997. The minimum absolute atomic E-state index is 1.12. The molecule has 0 bridgehead atoms. The zero-order chi connectivity index (χ0) is 8.81. The third-order valence-corrected chi connectivity index (χ3v) is 1.82. The van der Waals surface area contributed by atoms with Gasteiger partial charge < -0.3 is 0 Å². The number of aliphatic imine (C=N–C) groups is 1. The highest BCUT2D eigenvalue weighted by molar-refractivity contribution is 5.80. The van der Waals surface area contributed by atoms with Crippen LogP contribution in [0.1, 0.15) is 19.8 Å². The molecule has 0 atom stereocenters. The van der Waals surface area contributed by atoms with Crippen LogP contribution in [0, 0.1) is 0 Å². The average molecular weight is 161 g/mol. The summed E-state index contributed by atoms with van der Waals surface area (Å²) in [6, 6.07) is 0. The van der Waals surface area contributed by atoms with E-state index in [9.17, 15) is 0 Å². The number of nitrogens with zero attached hydrogens (tertiary/aromatic N) is 1. The molecule has 1 nitrogen and oxygen atoms in total. The van der Waals surface area contributed by atoms with Gasteiger partial charge in [-0.15, -0.1) is 0 Å². The van der Waals surface area contributed by atoms with E-state index in [2.05, 4.69) is 29.3 Å². The number of allylic oxidation sites excluding steroid dienone is 6. The second-order valence-electron chi connectivity index (χ2n) is 2.85. The monoisotopic (exact) mass is 161 g/mol. The van der Waals surface area contributed by atoms with Gasteiger partial charge in [-0.2, -0.15) is 0 Å². The lowest BCUT2D eigenvalue weighted by Crippen LogP contribution is -1.91. The van der Waals surface area contributed by atoms with Crippen molar-refractivity contribution < 1.29 is 0 Å². The lowest BCUT2D eigenvalue weighted by Gasteiger charge is -2.06. The van der Waals surface area contributed by atoms with Gasteiger partial charge in [0.25, 0.3) is 0 Å². The van der Waals surface area contributed by atoms with Crippen LogP contribution in [0.25, 0.3) is 0 Å². The molecule has 0 N–H and O–H groups in total. The van der Waals surface area contributed by atoms with Gasteiger partial charge >= 0.3 is 0 Å². The minimum atomic E-state index is 1.12. The Morgan fingerprint density at radius 2 is 2.33 bits per heavy atom. The van der Waals surface area contributed by atoms with Gasteiger partial charge in [-0.05, 0) is 30.9 Å². The SMILES string of the molecule is C/C=C\C1=CCCC(C=NC)=C1. The molecule has 12 heavy (non-hydrogen) atoms. The van der Waals surface area contributed by atoms with Crippen LogP contribution in [-0.2, 0) is 0 Å². The fraction of sp³-hybridized carbons (Fsp3) is 0.364. The largest absolute Gasteiger partial charge is 0.296 e. The van der Waals surface area contributed by atoms with E-state index in [1.54, 1.807) is 0 Å². The molecule has 0 aliphatic heterocycles. The van der Waals surface area contributed by atoms with Crippen molar-refractivity contribution in [2.75, 3.05) is 7.05 Å². The highest BCUT2D eigenvalue weighted by atomic mass is 14.6. The summed E-state index contributed by atoms with van der Waals surface area (Å²) >= 11 is 0. The summed E-state index contributed by atoms with van der Waals surface area (Å²) in [5, 5.41) is 0. The van der Waals surface area contributed by atoms with Gasteiger partial charge in [-0.1, -0.05) is 24.3 Å². The molecule has 1 rings (SSSR count). The zero-order valence-corrected chi connectivity index (χ0v) is 7.75. The number of rotatable bonds is 2. The second kappa shape index (κ2) is 4.70. The van der Waals surface area contributed by atoms with E-state index in [-0.39, 0.29) is 0 Å². The van der Waals surface area contributed by atoms with Crippen LogP contribution >= 0.6 is 0 Å². The van der Waals surface area contributed by atoms with E-state index in [4.69, 9.17) is 0 Å². The Kier molecular flexibility index (Phi) is 3.52. The Morgan fingerprint density at radius 3 is 3.00 bits per heavy atom. The molecule has 1 heteroatoms. The van der Waals surface area contributed by atoms with Gasteiger partial charge in [0.15, 0.2) is 0 Å². The molecule has 0 unspecified atom stereocenters. The summed E-state index contributed by atoms with van der Waals surface area (Å²) in [4.78, 5) is 4.01. The molecule has 0 saturated carbocycles. The predicted molar refractivity (Wildman–Crippen MR) is 54.6 cm³/mol. The maximum Gasteiger partial charge on any atom is 0.0277 e. The first kappa shape index (κ1) is 8.98. The normalized spacial score (nSPS) is 18.5. The second-order valence-corrected chi connectivity index (χ2v) is 2.85. The number of hydrogen-bond donors (Lipinski definition) is 0. The van der Waals surface area contributed by atoms with E-state index in [1.165, 1.54) is 11.1 Å². The Balaban J connectivity index is 2.73. The zero-order valence-electron chi connectivity index (χ0n) is 7.75. The van der Waals surface area contributed by atoms with E-state index in [1.807, 2.05) is 20.2 Å². The summed E-state index contributed by atoms with van der Waals surface area (Å²) < 4.78 is 0. The van der Waals surface area contributed by atoms with Crippen molar-refractivity contribution in [3.8, 4) is 0 Å². The van der Waals surface area contributed by atoms with E-state index in [0.29, 0.717) is 0 Å². The molecule has 0 aromatic rings. The minimum Gasteiger partial charge on any atom is -0.296 e. The van der Waals surface area contributed by atoms with Crippen molar-refractivity contribution in [2.45, 2.75) is 19.8 Å². The molecule has 0 aromatic heterocycles. The maximum atomic E-state index is 4.01. The van der Waals surface area contributed by atoms with Crippen molar-refractivity contribution in [2.24, 2.45) is 4.99 Å². The average Bonchev–Trinajstić information content (AvgIpc) is 2.06. The van der Waals surface area contributed by atoms with Gasteiger partial charge in [0, 0.05) is 13.3 Å². The molecule has 1 aliphatic rings. The summed E-state index contributed by atoms with van der Waals surface area (Å²) in [5.41, 5.74) is 2.63. The third kappa shape index (κ3) is 2.50. The van der Waals surface area contributed by atoms with E-state index < -0.39 is 0 Å². The molecule has 0 spiro atoms.